The van der Waals surface area contributed by atoms with Crippen LogP contribution in [0.5, 0.6) is 0 Å². The van der Waals surface area contributed by atoms with Crippen molar-refractivity contribution in [1.29, 1.82) is 0 Å². The van der Waals surface area contributed by atoms with Crippen LogP contribution in [0.25, 0.3) is 0 Å². The van der Waals surface area contributed by atoms with Gasteiger partial charge in [-0.1, -0.05) is 41.9 Å². The van der Waals surface area contributed by atoms with Crippen molar-refractivity contribution in [2.75, 3.05) is 5.32 Å². The van der Waals surface area contributed by atoms with Crippen LogP contribution in [0.4, 0.5) is 5.69 Å². The number of carbonyl (C=O) groups is 3. The van der Waals surface area contributed by atoms with Gasteiger partial charge in [0.05, 0.1) is 23.2 Å². The van der Waals surface area contributed by atoms with Crippen molar-refractivity contribution in [3.63, 3.8) is 0 Å². The topological polar surface area (TPSA) is 87.3 Å². The first-order chi connectivity index (χ1) is 13.3. The fourth-order valence-electron chi connectivity index (χ4n) is 2.68. The summed E-state index contributed by atoms with van der Waals surface area (Å²) in [4.78, 5) is 36.3. The largest absolute Gasteiger partial charge is 0.350 e. The van der Waals surface area contributed by atoms with E-state index in [-0.39, 0.29) is 30.2 Å². The molecule has 0 aliphatic rings. The summed E-state index contributed by atoms with van der Waals surface area (Å²) in [7, 11) is 0. The fourth-order valence-corrected chi connectivity index (χ4v) is 2.84. The molecule has 0 aliphatic heterocycles. The molecule has 3 amide bonds. The van der Waals surface area contributed by atoms with Crippen LogP contribution in [0, 0.1) is 0 Å². The van der Waals surface area contributed by atoms with Gasteiger partial charge in [-0.15, -0.1) is 0 Å². The van der Waals surface area contributed by atoms with Gasteiger partial charge in [0, 0.05) is 18.5 Å². The Hall–Kier alpha value is -2.86. The maximum atomic E-state index is 12.6. The lowest BCUT2D eigenvalue weighted by molar-refractivity contribution is -0.120. The second-order valence-electron chi connectivity index (χ2n) is 6.74. The van der Waals surface area contributed by atoms with E-state index in [1.807, 2.05) is 44.2 Å². The van der Waals surface area contributed by atoms with Gasteiger partial charge in [0.2, 0.25) is 11.8 Å². The monoisotopic (exact) mass is 401 g/mol. The minimum atomic E-state index is -0.468. The van der Waals surface area contributed by atoms with Crippen LogP contribution in [0.3, 0.4) is 0 Å². The standard InChI is InChI=1S/C21H24ClN3O3/c1-13(2)23-21(28)16-9-10-17(22)19(11-16)25-20(27)12-18(24-14(3)26)15-7-5-4-6-8-15/h4-11,13,18H,12H2,1-3H3,(H,23,28)(H,24,26)(H,25,27). The van der Waals surface area contributed by atoms with Gasteiger partial charge in [0.15, 0.2) is 0 Å². The van der Waals surface area contributed by atoms with Crippen LogP contribution in [0.1, 0.15) is 49.2 Å². The fraction of sp³-hybridized carbons (Fsp3) is 0.286. The van der Waals surface area contributed by atoms with Crippen molar-refractivity contribution >= 4 is 35.0 Å². The first-order valence-electron chi connectivity index (χ1n) is 8.98. The summed E-state index contributed by atoms with van der Waals surface area (Å²) >= 11 is 6.17. The Morgan fingerprint density at radius 1 is 1.00 bits per heavy atom. The van der Waals surface area contributed by atoms with Gasteiger partial charge in [0.1, 0.15) is 0 Å². The quantitative estimate of drug-likeness (QED) is 0.661. The minimum Gasteiger partial charge on any atom is -0.350 e. The van der Waals surface area contributed by atoms with Gasteiger partial charge >= 0.3 is 0 Å². The van der Waals surface area contributed by atoms with Crippen molar-refractivity contribution in [2.24, 2.45) is 0 Å². The van der Waals surface area contributed by atoms with Crippen LogP contribution in [-0.2, 0) is 9.59 Å². The average Bonchev–Trinajstić information content (AvgIpc) is 2.62. The molecule has 7 heteroatoms. The molecular weight excluding hydrogens is 378 g/mol. The highest BCUT2D eigenvalue weighted by molar-refractivity contribution is 6.33. The summed E-state index contributed by atoms with van der Waals surface area (Å²) in [6, 6.07) is 13.5. The molecule has 3 N–H and O–H groups in total. The molecule has 148 valence electrons. The molecule has 6 nitrogen and oxygen atoms in total. The van der Waals surface area contributed by atoms with Gasteiger partial charge in [0.25, 0.3) is 5.91 Å². The summed E-state index contributed by atoms with van der Waals surface area (Å²) in [5.41, 5.74) is 1.57. The summed E-state index contributed by atoms with van der Waals surface area (Å²) < 4.78 is 0. The molecule has 0 spiro atoms. The Balaban J connectivity index is 2.14. The zero-order valence-corrected chi connectivity index (χ0v) is 16.8. The number of rotatable bonds is 7. The number of amides is 3. The molecule has 0 radical (unpaired) electrons. The van der Waals surface area contributed by atoms with E-state index in [2.05, 4.69) is 16.0 Å². The number of halogens is 1. The zero-order chi connectivity index (χ0) is 20.7. The Labute approximate surface area is 169 Å². The van der Waals surface area contributed by atoms with Crippen LogP contribution in [0.15, 0.2) is 48.5 Å². The molecule has 0 aromatic heterocycles. The molecule has 0 heterocycles. The van der Waals surface area contributed by atoms with Crippen molar-refractivity contribution in [3.05, 3.63) is 64.7 Å². The van der Waals surface area contributed by atoms with Gasteiger partial charge in [-0.3, -0.25) is 14.4 Å². The first-order valence-corrected chi connectivity index (χ1v) is 9.36. The highest BCUT2D eigenvalue weighted by Crippen LogP contribution is 2.25. The van der Waals surface area contributed by atoms with E-state index in [4.69, 9.17) is 11.6 Å². The minimum absolute atomic E-state index is 0.00879. The lowest BCUT2D eigenvalue weighted by Gasteiger charge is -2.18. The number of nitrogens with one attached hydrogen (secondary N) is 3. The normalized spacial score (nSPS) is 11.6. The Morgan fingerprint density at radius 3 is 2.29 bits per heavy atom. The van der Waals surface area contributed by atoms with E-state index in [0.717, 1.165) is 5.56 Å². The number of hydrogen-bond donors (Lipinski definition) is 3. The second kappa shape index (κ2) is 9.90. The molecule has 0 saturated heterocycles. The van der Waals surface area contributed by atoms with Gasteiger partial charge in [-0.25, -0.2) is 0 Å². The summed E-state index contributed by atoms with van der Waals surface area (Å²) in [6.45, 7) is 5.13. The van der Waals surface area contributed by atoms with Gasteiger partial charge in [-0.05, 0) is 37.6 Å². The van der Waals surface area contributed by atoms with Crippen molar-refractivity contribution in [2.45, 2.75) is 39.3 Å². The molecular formula is C21H24ClN3O3. The SMILES string of the molecule is CC(=O)NC(CC(=O)Nc1cc(C(=O)NC(C)C)ccc1Cl)c1ccccc1. The molecule has 0 saturated carbocycles. The van der Waals surface area contributed by atoms with Crippen molar-refractivity contribution in [1.82, 2.24) is 10.6 Å². The number of hydrogen-bond acceptors (Lipinski definition) is 3. The van der Waals surface area contributed by atoms with Crippen LogP contribution in [-0.4, -0.2) is 23.8 Å². The Bertz CT molecular complexity index is 853. The Kier molecular flexibility index (Phi) is 7.58. The molecule has 28 heavy (non-hydrogen) atoms. The molecule has 0 fully saturated rings. The summed E-state index contributed by atoms with van der Waals surface area (Å²) in [5.74, 6) is -0.805. The molecule has 2 aromatic rings. The maximum Gasteiger partial charge on any atom is 0.251 e. The number of benzene rings is 2. The Morgan fingerprint density at radius 2 is 1.68 bits per heavy atom. The van der Waals surface area contributed by atoms with E-state index in [1.165, 1.54) is 13.0 Å². The molecule has 1 unspecified atom stereocenters. The van der Waals surface area contributed by atoms with Crippen molar-refractivity contribution in [3.8, 4) is 0 Å². The highest BCUT2D eigenvalue weighted by Gasteiger charge is 2.18. The van der Waals surface area contributed by atoms with E-state index < -0.39 is 6.04 Å². The molecule has 2 aromatic carbocycles. The van der Waals surface area contributed by atoms with E-state index in [9.17, 15) is 14.4 Å². The summed E-state index contributed by atoms with van der Waals surface area (Å²) in [6.07, 6.45) is 0.0301. The smallest absolute Gasteiger partial charge is 0.251 e. The predicted molar refractivity (Wildman–Crippen MR) is 110 cm³/mol. The van der Waals surface area contributed by atoms with Crippen LogP contribution < -0.4 is 16.0 Å². The van der Waals surface area contributed by atoms with Crippen molar-refractivity contribution < 1.29 is 14.4 Å². The van der Waals surface area contributed by atoms with E-state index in [0.29, 0.717) is 16.3 Å². The summed E-state index contributed by atoms with van der Waals surface area (Å²) in [5, 5.41) is 8.63. The lowest BCUT2D eigenvalue weighted by Crippen LogP contribution is -2.30. The average molecular weight is 402 g/mol. The van der Waals surface area contributed by atoms with E-state index in [1.54, 1.807) is 12.1 Å². The third-order valence-electron chi connectivity index (χ3n) is 3.89. The second-order valence-corrected chi connectivity index (χ2v) is 7.15. The zero-order valence-electron chi connectivity index (χ0n) is 16.1. The highest BCUT2D eigenvalue weighted by atomic mass is 35.5. The first kappa shape index (κ1) is 21.4. The van der Waals surface area contributed by atoms with Crippen LogP contribution in [0.2, 0.25) is 5.02 Å². The van der Waals surface area contributed by atoms with Crippen LogP contribution >= 0.6 is 11.6 Å². The molecule has 0 aliphatic carbocycles. The lowest BCUT2D eigenvalue weighted by atomic mass is 10.0. The molecule has 0 bridgehead atoms. The number of carbonyl (C=O) groups excluding carboxylic acids is 3. The predicted octanol–water partition coefficient (Wildman–Crippen LogP) is 3.68. The van der Waals surface area contributed by atoms with E-state index >= 15 is 0 Å². The molecule has 2 rings (SSSR count). The molecule has 1 atom stereocenters. The third-order valence-corrected chi connectivity index (χ3v) is 4.22. The maximum absolute atomic E-state index is 12.6. The van der Waals surface area contributed by atoms with Gasteiger partial charge < -0.3 is 16.0 Å². The third kappa shape index (κ3) is 6.39. The van der Waals surface area contributed by atoms with Gasteiger partial charge in [-0.2, -0.15) is 0 Å². The number of anilines is 1.